The topological polar surface area (TPSA) is 55.1 Å². The number of halogens is 1. The highest BCUT2D eigenvalue weighted by Crippen LogP contribution is 2.23. The minimum atomic E-state index is 0.0724. The molecular formula is C14H21BrN2O. The van der Waals surface area contributed by atoms with E-state index in [4.69, 9.17) is 5.73 Å². The highest BCUT2D eigenvalue weighted by molar-refractivity contribution is 9.10. The molecule has 0 spiro atoms. The summed E-state index contributed by atoms with van der Waals surface area (Å²) in [6, 6.07) is 5.42. The van der Waals surface area contributed by atoms with E-state index >= 15 is 0 Å². The van der Waals surface area contributed by atoms with Gasteiger partial charge in [0.25, 0.3) is 0 Å². The Morgan fingerprint density at radius 3 is 2.67 bits per heavy atom. The minimum Gasteiger partial charge on any atom is -0.398 e. The maximum absolute atomic E-state index is 11.7. The van der Waals surface area contributed by atoms with Gasteiger partial charge in [0, 0.05) is 22.3 Å². The molecule has 0 unspecified atom stereocenters. The number of unbranched alkanes of at least 4 members (excludes halogenated alkanes) is 4. The molecule has 0 aliphatic heterocycles. The van der Waals surface area contributed by atoms with E-state index in [2.05, 4.69) is 28.2 Å². The summed E-state index contributed by atoms with van der Waals surface area (Å²) in [6.07, 6.45) is 6.38. The predicted molar refractivity (Wildman–Crippen MR) is 80.6 cm³/mol. The summed E-state index contributed by atoms with van der Waals surface area (Å²) in [7, 11) is 0. The molecule has 1 rings (SSSR count). The molecule has 0 heterocycles. The molecule has 3 nitrogen and oxygen atoms in total. The van der Waals surface area contributed by atoms with Crippen LogP contribution in [0.5, 0.6) is 0 Å². The van der Waals surface area contributed by atoms with E-state index in [0.717, 1.165) is 23.0 Å². The molecule has 1 amide bonds. The van der Waals surface area contributed by atoms with Crippen molar-refractivity contribution in [1.82, 2.24) is 0 Å². The van der Waals surface area contributed by atoms with Crippen molar-refractivity contribution < 1.29 is 4.79 Å². The van der Waals surface area contributed by atoms with Gasteiger partial charge in [0.05, 0.1) is 0 Å². The SMILES string of the molecule is CCCCCCCC(=O)Nc1ccc(N)c(Br)c1. The molecule has 0 bridgehead atoms. The molecule has 0 saturated carbocycles. The van der Waals surface area contributed by atoms with Crippen LogP contribution in [-0.4, -0.2) is 5.91 Å². The quantitative estimate of drug-likeness (QED) is 0.581. The normalized spacial score (nSPS) is 10.3. The Morgan fingerprint density at radius 1 is 1.28 bits per heavy atom. The summed E-state index contributed by atoms with van der Waals surface area (Å²) in [4.78, 5) is 11.7. The molecule has 18 heavy (non-hydrogen) atoms. The van der Waals surface area contributed by atoms with E-state index in [1.165, 1.54) is 19.3 Å². The molecule has 100 valence electrons. The third-order valence-corrected chi connectivity index (χ3v) is 3.48. The van der Waals surface area contributed by atoms with Crippen LogP contribution >= 0.6 is 15.9 Å². The van der Waals surface area contributed by atoms with Crippen LogP contribution in [0.25, 0.3) is 0 Å². The fourth-order valence-corrected chi connectivity index (χ4v) is 2.10. The second kappa shape index (κ2) is 8.14. The average molecular weight is 313 g/mol. The van der Waals surface area contributed by atoms with Crippen LogP contribution in [0.2, 0.25) is 0 Å². The lowest BCUT2D eigenvalue weighted by molar-refractivity contribution is -0.116. The number of carbonyl (C=O) groups is 1. The van der Waals surface area contributed by atoms with Gasteiger partial charge in [-0.25, -0.2) is 0 Å². The third-order valence-electron chi connectivity index (χ3n) is 2.79. The number of rotatable bonds is 7. The molecule has 0 radical (unpaired) electrons. The van der Waals surface area contributed by atoms with Gasteiger partial charge < -0.3 is 11.1 Å². The first-order valence-electron chi connectivity index (χ1n) is 6.48. The fraction of sp³-hybridized carbons (Fsp3) is 0.500. The Bertz CT molecular complexity index is 393. The van der Waals surface area contributed by atoms with Crippen molar-refractivity contribution in [2.24, 2.45) is 0 Å². The number of amides is 1. The van der Waals surface area contributed by atoms with Gasteiger partial charge in [-0.2, -0.15) is 0 Å². The van der Waals surface area contributed by atoms with Crippen LogP contribution in [0.4, 0.5) is 11.4 Å². The van der Waals surface area contributed by atoms with Crippen molar-refractivity contribution in [3.63, 3.8) is 0 Å². The standard InChI is InChI=1S/C14H21BrN2O/c1-2-3-4-5-6-7-14(18)17-11-8-9-13(16)12(15)10-11/h8-10H,2-7,16H2,1H3,(H,17,18). The van der Waals surface area contributed by atoms with Gasteiger partial charge >= 0.3 is 0 Å². The van der Waals surface area contributed by atoms with Crippen LogP contribution in [0.15, 0.2) is 22.7 Å². The van der Waals surface area contributed by atoms with Crippen LogP contribution in [0, 0.1) is 0 Å². The monoisotopic (exact) mass is 312 g/mol. The van der Waals surface area contributed by atoms with Gasteiger partial charge in [-0.1, -0.05) is 32.6 Å². The van der Waals surface area contributed by atoms with Gasteiger partial charge in [0.15, 0.2) is 0 Å². The van der Waals surface area contributed by atoms with E-state index in [1.54, 1.807) is 6.07 Å². The molecule has 0 fully saturated rings. The highest BCUT2D eigenvalue weighted by Gasteiger charge is 2.03. The van der Waals surface area contributed by atoms with Crippen molar-refractivity contribution in [2.75, 3.05) is 11.1 Å². The van der Waals surface area contributed by atoms with Crippen molar-refractivity contribution in [3.8, 4) is 0 Å². The summed E-state index contributed by atoms with van der Waals surface area (Å²) in [5, 5.41) is 2.88. The lowest BCUT2D eigenvalue weighted by Crippen LogP contribution is -2.11. The van der Waals surface area contributed by atoms with Gasteiger partial charge in [0.1, 0.15) is 0 Å². The number of benzene rings is 1. The Hall–Kier alpha value is -1.03. The maximum Gasteiger partial charge on any atom is 0.224 e. The number of hydrogen-bond donors (Lipinski definition) is 2. The second-order valence-corrected chi connectivity index (χ2v) is 5.30. The van der Waals surface area contributed by atoms with Crippen molar-refractivity contribution >= 4 is 33.2 Å². The summed E-state index contributed by atoms with van der Waals surface area (Å²) < 4.78 is 0.809. The Morgan fingerprint density at radius 2 is 2.00 bits per heavy atom. The first-order valence-corrected chi connectivity index (χ1v) is 7.27. The number of nitrogens with one attached hydrogen (secondary N) is 1. The van der Waals surface area contributed by atoms with Gasteiger partial charge in [-0.05, 0) is 40.5 Å². The zero-order valence-corrected chi connectivity index (χ0v) is 12.4. The zero-order valence-electron chi connectivity index (χ0n) is 10.8. The second-order valence-electron chi connectivity index (χ2n) is 4.45. The molecule has 4 heteroatoms. The molecule has 0 atom stereocenters. The van der Waals surface area contributed by atoms with Crippen LogP contribution < -0.4 is 11.1 Å². The number of nitrogens with two attached hydrogens (primary N) is 1. The number of carbonyl (C=O) groups excluding carboxylic acids is 1. The van der Waals surface area contributed by atoms with Crippen LogP contribution in [0.1, 0.15) is 45.4 Å². The average Bonchev–Trinajstić information content (AvgIpc) is 2.34. The summed E-state index contributed by atoms with van der Waals surface area (Å²) in [6.45, 7) is 2.19. The Labute approximate surface area is 117 Å². The number of hydrogen-bond acceptors (Lipinski definition) is 2. The zero-order chi connectivity index (χ0) is 13.4. The van der Waals surface area contributed by atoms with E-state index in [-0.39, 0.29) is 5.91 Å². The largest absolute Gasteiger partial charge is 0.398 e. The van der Waals surface area contributed by atoms with Gasteiger partial charge in [0.2, 0.25) is 5.91 Å². The van der Waals surface area contributed by atoms with Gasteiger partial charge in [-0.15, -0.1) is 0 Å². The maximum atomic E-state index is 11.7. The Kier molecular flexibility index (Phi) is 6.80. The molecule has 3 N–H and O–H groups in total. The van der Waals surface area contributed by atoms with E-state index in [9.17, 15) is 4.79 Å². The highest BCUT2D eigenvalue weighted by atomic mass is 79.9. The molecule has 1 aromatic rings. The van der Waals surface area contributed by atoms with Crippen molar-refractivity contribution in [1.29, 1.82) is 0 Å². The summed E-state index contributed by atoms with van der Waals surface area (Å²) in [5.74, 6) is 0.0724. The van der Waals surface area contributed by atoms with Crippen molar-refractivity contribution in [2.45, 2.75) is 45.4 Å². The van der Waals surface area contributed by atoms with Crippen LogP contribution in [0.3, 0.4) is 0 Å². The molecule has 1 aromatic carbocycles. The van der Waals surface area contributed by atoms with E-state index < -0.39 is 0 Å². The van der Waals surface area contributed by atoms with E-state index in [1.807, 2.05) is 12.1 Å². The molecular weight excluding hydrogens is 292 g/mol. The van der Waals surface area contributed by atoms with E-state index in [0.29, 0.717) is 12.1 Å². The molecule has 0 aromatic heterocycles. The number of anilines is 2. The molecule has 0 aliphatic rings. The fourth-order valence-electron chi connectivity index (χ4n) is 1.72. The first-order chi connectivity index (χ1) is 8.63. The lowest BCUT2D eigenvalue weighted by atomic mass is 10.1. The molecule has 0 saturated heterocycles. The molecule has 0 aliphatic carbocycles. The van der Waals surface area contributed by atoms with Gasteiger partial charge in [-0.3, -0.25) is 4.79 Å². The third kappa shape index (κ3) is 5.54. The Balaban J connectivity index is 2.29. The lowest BCUT2D eigenvalue weighted by Gasteiger charge is -2.06. The summed E-state index contributed by atoms with van der Waals surface area (Å²) >= 11 is 3.34. The smallest absolute Gasteiger partial charge is 0.224 e. The van der Waals surface area contributed by atoms with Crippen LogP contribution in [-0.2, 0) is 4.79 Å². The van der Waals surface area contributed by atoms with Crippen molar-refractivity contribution in [3.05, 3.63) is 22.7 Å². The number of nitrogen functional groups attached to an aromatic ring is 1. The summed E-state index contributed by atoms with van der Waals surface area (Å²) in [5.41, 5.74) is 7.15. The predicted octanol–water partition coefficient (Wildman–Crippen LogP) is 4.33. The first kappa shape index (κ1) is 15.0. The minimum absolute atomic E-state index is 0.0724.